The maximum absolute atomic E-state index is 10.8. The number of hydrogen-bond donors (Lipinski definition) is 2. The van der Waals surface area contributed by atoms with Crippen molar-refractivity contribution in [2.24, 2.45) is 0 Å². The zero-order valence-corrected chi connectivity index (χ0v) is 9.98. The number of aliphatic hydroxyl groups excluding tert-OH is 1. The summed E-state index contributed by atoms with van der Waals surface area (Å²) >= 11 is 3.29. The van der Waals surface area contributed by atoms with Gasteiger partial charge in [0.25, 0.3) is 5.78 Å². The molecule has 0 aliphatic carbocycles. The molecule has 5 heteroatoms. The summed E-state index contributed by atoms with van der Waals surface area (Å²) in [6.45, 7) is 1.82. The van der Waals surface area contributed by atoms with Crippen LogP contribution in [0, 0.1) is 6.92 Å². The van der Waals surface area contributed by atoms with Gasteiger partial charge < -0.3 is 10.2 Å². The van der Waals surface area contributed by atoms with Crippen LogP contribution in [0.5, 0.6) is 0 Å². The maximum Gasteiger partial charge on any atom is 0.376 e. The minimum absolute atomic E-state index is 0.358. The molecular weight excluding hydrogens is 276 g/mol. The largest absolute Gasteiger partial charge is 0.507 e. The minimum Gasteiger partial charge on any atom is -0.507 e. The molecular formula is C11H9BrO4. The summed E-state index contributed by atoms with van der Waals surface area (Å²) in [6.07, 6.45) is 0.686. The second kappa shape index (κ2) is 4.94. The number of aryl methyl sites for hydroxylation is 1. The molecule has 0 spiro atoms. The van der Waals surface area contributed by atoms with Crippen molar-refractivity contribution in [1.29, 1.82) is 0 Å². The van der Waals surface area contributed by atoms with Gasteiger partial charge in [-0.3, -0.25) is 4.79 Å². The van der Waals surface area contributed by atoms with E-state index in [1.54, 1.807) is 18.2 Å². The fraction of sp³-hybridized carbons (Fsp3) is 0.0909. The lowest BCUT2D eigenvalue weighted by Crippen LogP contribution is -2.09. The highest BCUT2D eigenvalue weighted by atomic mass is 79.9. The molecule has 0 amide bonds. The average molecular weight is 285 g/mol. The third-order valence-electron chi connectivity index (χ3n) is 1.93. The van der Waals surface area contributed by atoms with E-state index in [1.165, 1.54) is 0 Å². The van der Waals surface area contributed by atoms with Crippen molar-refractivity contribution in [3.05, 3.63) is 39.9 Å². The number of hydrogen-bond acceptors (Lipinski definition) is 3. The minimum atomic E-state index is -1.60. The van der Waals surface area contributed by atoms with E-state index < -0.39 is 11.8 Å². The molecule has 0 aromatic heterocycles. The second-order valence-electron chi connectivity index (χ2n) is 3.16. The molecule has 4 nitrogen and oxygen atoms in total. The molecule has 1 aromatic carbocycles. The Morgan fingerprint density at radius 2 is 1.94 bits per heavy atom. The number of carboxylic acid groups (broad SMARTS) is 1. The molecule has 0 saturated carbocycles. The van der Waals surface area contributed by atoms with E-state index in [9.17, 15) is 14.7 Å². The van der Waals surface area contributed by atoms with Crippen molar-refractivity contribution in [3.8, 4) is 0 Å². The second-order valence-corrected chi connectivity index (χ2v) is 4.02. The number of ketones is 1. The number of aliphatic carboxylic acids is 1. The highest BCUT2D eigenvalue weighted by molar-refractivity contribution is 9.10. The first-order valence-corrected chi connectivity index (χ1v) is 5.15. The van der Waals surface area contributed by atoms with Crippen LogP contribution in [-0.4, -0.2) is 22.0 Å². The van der Waals surface area contributed by atoms with Gasteiger partial charge in [-0.05, 0) is 24.6 Å². The summed E-state index contributed by atoms with van der Waals surface area (Å²) in [4.78, 5) is 21.1. The third-order valence-corrected chi connectivity index (χ3v) is 2.82. The number of rotatable bonds is 3. The van der Waals surface area contributed by atoms with Gasteiger partial charge in [0.1, 0.15) is 5.76 Å². The smallest absolute Gasteiger partial charge is 0.376 e. The number of carbonyl (C=O) groups excluding carboxylic acids is 1. The summed E-state index contributed by atoms with van der Waals surface area (Å²) in [5.74, 6) is -3.11. The normalized spacial score (nSPS) is 11.2. The fourth-order valence-corrected chi connectivity index (χ4v) is 1.32. The van der Waals surface area contributed by atoms with Gasteiger partial charge >= 0.3 is 5.97 Å². The lowest BCUT2D eigenvalue weighted by atomic mass is 10.1. The molecule has 0 unspecified atom stereocenters. The molecule has 0 heterocycles. The first-order chi connectivity index (χ1) is 7.41. The van der Waals surface area contributed by atoms with Crippen molar-refractivity contribution in [2.75, 3.05) is 0 Å². The van der Waals surface area contributed by atoms with Crippen molar-refractivity contribution < 1.29 is 19.8 Å². The predicted octanol–water partition coefficient (Wildman–Crippen LogP) is 2.31. The van der Waals surface area contributed by atoms with E-state index in [0.29, 0.717) is 11.6 Å². The molecule has 84 valence electrons. The van der Waals surface area contributed by atoms with E-state index in [2.05, 4.69) is 15.9 Å². The number of halogens is 1. The molecule has 0 aliphatic heterocycles. The number of carboxylic acids is 1. The van der Waals surface area contributed by atoms with Crippen LogP contribution in [0.1, 0.15) is 11.1 Å². The Kier molecular flexibility index (Phi) is 3.84. The SMILES string of the molecule is Cc1cc(C(O)=CC(=O)C(=O)O)ccc1Br. The van der Waals surface area contributed by atoms with Gasteiger partial charge in [0.15, 0.2) is 0 Å². The number of benzene rings is 1. The van der Waals surface area contributed by atoms with Gasteiger partial charge in [-0.15, -0.1) is 0 Å². The Morgan fingerprint density at radius 1 is 1.31 bits per heavy atom. The zero-order valence-electron chi connectivity index (χ0n) is 8.40. The van der Waals surface area contributed by atoms with Gasteiger partial charge in [0.05, 0.1) is 0 Å². The van der Waals surface area contributed by atoms with Crippen molar-refractivity contribution >= 4 is 33.4 Å². The summed E-state index contributed by atoms with van der Waals surface area (Å²) in [5, 5.41) is 17.9. The average Bonchev–Trinajstić information content (AvgIpc) is 2.21. The Balaban J connectivity index is 3.05. The molecule has 1 aromatic rings. The van der Waals surface area contributed by atoms with Crippen molar-refractivity contribution in [3.63, 3.8) is 0 Å². The van der Waals surface area contributed by atoms with Gasteiger partial charge in [0, 0.05) is 16.1 Å². The predicted molar refractivity (Wildman–Crippen MR) is 62.1 cm³/mol. The standard InChI is InChI=1S/C11H9BrO4/c1-6-4-7(2-3-8(6)12)9(13)5-10(14)11(15)16/h2-5,13H,1H3,(H,15,16). The van der Waals surface area contributed by atoms with Gasteiger partial charge in [0.2, 0.25) is 0 Å². The van der Waals surface area contributed by atoms with Gasteiger partial charge in [-0.1, -0.05) is 22.0 Å². The van der Waals surface area contributed by atoms with E-state index in [-0.39, 0.29) is 5.76 Å². The molecule has 0 saturated heterocycles. The number of aliphatic hydroxyl groups is 1. The van der Waals surface area contributed by atoms with Crippen LogP contribution < -0.4 is 0 Å². The highest BCUT2D eigenvalue weighted by Crippen LogP contribution is 2.20. The van der Waals surface area contributed by atoms with Crippen LogP contribution >= 0.6 is 15.9 Å². The first-order valence-electron chi connectivity index (χ1n) is 4.36. The Bertz CT molecular complexity index is 477. The molecule has 0 aliphatic rings. The van der Waals surface area contributed by atoms with Crippen LogP contribution in [0.2, 0.25) is 0 Å². The van der Waals surface area contributed by atoms with E-state index in [1.807, 2.05) is 6.92 Å². The molecule has 0 atom stereocenters. The topological polar surface area (TPSA) is 74.6 Å². The zero-order chi connectivity index (χ0) is 12.3. The molecule has 16 heavy (non-hydrogen) atoms. The molecule has 1 rings (SSSR count). The van der Waals surface area contributed by atoms with Crippen molar-refractivity contribution in [2.45, 2.75) is 6.92 Å². The Hall–Kier alpha value is -1.62. The van der Waals surface area contributed by atoms with E-state index >= 15 is 0 Å². The third kappa shape index (κ3) is 2.93. The van der Waals surface area contributed by atoms with Gasteiger partial charge in [-0.25, -0.2) is 4.79 Å². The lowest BCUT2D eigenvalue weighted by Gasteiger charge is -2.02. The van der Waals surface area contributed by atoms with E-state index in [4.69, 9.17) is 5.11 Å². The fourth-order valence-electron chi connectivity index (χ4n) is 1.07. The summed E-state index contributed by atoms with van der Waals surface area (Å²) in [7, 11) is 0. The van der Waals surface area contributed by atoms with Crippen molar-refractivity contribution in [1.82, 2.24) is 0 Å². The van der Waals surface area contributed by atoms with Crippen LogP contribution in [0.4, 0.5) is 0 Å². The Morgan fingerprint density at radius 3 is 2.44 bits per heavy atom. The van der Waals surface area contributed by atoms with Crippen LogP contribution in [0.15, 0.2) is 28.7 Å². The molecule has 2 N–H and O–H groups in total. The quantitative estimate of drug-likeness (QED) is 0.507. The van der Waals surface area contributed by atoms with Crippen LogP contribution in [0.3, 0.4) is 0 Å². The summed E-state index contributed by atoms with van der Waals surface area (Å²) in [6, 6.07) is 4.93. The molecule has 0 bridgehead atoms. The monoisotopic (exact) mass is 284 g/mol. The summed E-state index contributed by atoms with van der Waals surface area (Å²) < 4.78 is 0.869. The first kappa shape index (κ1) is 12.4. The lowest BCUT2D eigenvalue weighted by molar-refractivity contribution is -0.146. The van der Waals surface area contributed by atoms with E-state index in [0.717, 1.165) is 10.0 Å². The van der Waals surface area contributed by atoms with Crippen LogP contribution in [0.25, 0.3) is 5.76 Å². The van der Waals surface area contributed by atoms with Gasteiger partial charge in [-0.2, -0.15) is 0 Å². The highest BCUT2D eigenvalue weighted by Gasteiger charge is 2.10. The summed E-state index contributed by atoms with van der Waals surface area (Å²) in [5.41, 5.74) is 1.27. The maximum atomic E-state index is 10.8. The number of carbonyl (C=O) groups is 2. The molecule has 0 radical (unpaired) electrons. The van der Waals surface area contributed by atoms with Crippen LogP contribution in [-0.2, 0) is 9.59 Å². The Labute approximate surface area is 100 Å². The molecule has 0 fully saturated rings.